The lowest BCUT2D eigenvalue weighted by atomic mass is 10.1. The molecule has 2 aromatic rings. The van der Waals surface area contributed by atoms with Gasteiger partial charge in [0.2, 0.25) is 0 Å². The first-order valence-electron chi connectivity index (χ1n) is 6.61. The normalized spacial score (nSPS) is 12.6. The Hall–Kier alpha value is -1.26. The van der Waals surface area contributed by atoms with E-state index in [1.54, 1.807) is 0 Å². The van der Waals surface area contributed by atoms with Gasteiger partial charge >= 0.3 is 0 Å². The fraction of sp³-hybridized carbons (Fsp3) is 0.400. The zero-order valence-electron chi connectivity index (χ0n) is 11.8. The molecule has 1 aromatic carbocycles. The summed E-state index contributed by atoms with van der Waals surface area (Å²) in [7, 11) is 0. The van der Waals surface area contributed by atoms with Crippen molar-refractivity contribution in [2.75, 3.05) is 0 Å². The van der Waals surface area contributed by atoms with Crippen LogP contribution in [0.5, 0.6) is 0 Å². The highest BCUT2D eigenvalue weighted by Crippen LogP contribution is 2.25. The summed E-state index contributed by atoms with van der Waals surface area (Å²) >= 11 is 1.83. The van der Waals surface area contributed by atoms with E-state index in [2.05, 4.69) is 47.0 Å². The highest BCUT2D eigenvalue weighted by atomic mass is 32.2. The minimum Gasteiger partial charge on any atom is -0.324 e. The Labute approximate surface area is 119 Å². The molecule has 0 radical (unpaired) electrons. The lowest BCUT2D eigenvalue weighted by Gasteiger charge is -2.08. The van der Waals surface area contributed by atoms with Gasteiger partial charge < -0.3 is 5.73 Å². The molecule has 1 unspecified atom stereocenters. The maximum Gasteiger partial charge on any atom is 0.0596 e. The zero-order valence-corrected chi connectivity index (χ0v) is 12.6. The Morgan fingerprint density at radius 2 is 2.16 bits per heavy atom. The number of nitrogens with two attached hydrogens (primary N) is 1. The van der Waals surface area contributed by atoms with Gasteiger partial charge in [-0.2, -0.15) is 5.10 Å². The van der Waals surface area contributed by atoms with E-state index in [1.807, 2.05) is 25.6 Å². The Morgan fingerprint density at radius 3 is 2.84 bits per heavy atom. The molecule has 0 amide bonds. The molecule has 3 nitrogen and oxygen atoms in total. The lowest BCUT2D eigenvalue weighted by Crippen LogP contribution is -2.04. The predicted octanol–water partition coefficient (Wildman–Crippen LogP) is 3.52. The first kappa shape index (κ1) is 14.2. The molecule has 2 N–H and O–H groups in total. The molecule has 102 valence electrons. The Kier molecular flexibility index (Phi) is 4.66. The molecule has 1 heterocycles. The third kappa shape index (κ3) is 3.61. The maximum absolute atomic E-state index is 5.92. The Morgan fingerprint density at radius 1 is 1.37 bits per heavy atom. The minimum absolute atomic E-state index is 0.0870. The van der Waals surface area contributed by atoms with Gasteiger partial charge in [0.25, 0.3) is 0 Å². The lowest BCUT2D eigenvalue weighted by molar-refractivity contribution is 0.632. The van der Waals surface area contributed by atoms with Crippen molar-refractivity contribution < 1.29 is 0 Å². The number of hydrogen-bond donors (Lipinski definition) is 1. The van der Waals surface area contributed by atoms with Crippen LogP contribution >= 0.6 is 11.8 Å². The summed E-state index contributed by atoms with van der Waals surface area (Å²) in [6.45, 7) is 7.09. The quantitative estimate of drug-likeness (QED) is 0.849. The van der Waals surface area contributed by atoms with Crippen molar-refractivity contribution in [2.45, 2.75) is 44.0 Å². The summed E-state index contributed by atoms with van der Waals surface area (Å²) in [5.74, 6) is 0.942. The molecule has 0 spiro atoms. The molecule has 0 aliphatic heterocycles. The second-order valence-electron chi connectivity index (χ2n) is 4.74. The molecular formula is C15H21N3S. The van der Waals surface area contributed by atoms with Gasteiger partial charge in [0.15, 0.2) is 0 Å². The summed E-state index contributed by atoms with van der Waals surface area (Å²) in [6, 6.07) is 10.7. The second kappa shape index (κ2) is 6.26. The van der Waals surface area contributed by atoms with Crippen molar-refractivity contribution in [3.63, 3.8) is 0 Å². The Balaban J connectivity index is 2.07. The van der Waals surface area contributed by atoms with E-state index in [9.17, 15) is 0 Å². The van der Waals surface area contributed by atoms with Crippen LogP contribution in [-0.4, -0.2) is 9.78 Å². The average molecular weight is 275 g/mol. The van der Waals surface area contributed by atoms with E-state index >= 15 is 0 Å². The molecule has 0 aliphatic rings. The topological polar surface area (TPSA) is 43.8 Å². The SMILES string of the molecule is CCn1nc(C)cc1CSc1cccc(C(C)N)c1. The van der Waals surface area contributed by atoms with Crippen LogP contribution in [0.4, 0.5) is 0 Å². The van der Waals surface area contributed by atoms with Gasteiger partial charge in [0.1, 0.15) is 0 Å². The maximum atomic E-state index is 5.92. The van der Waals surface area contributed by atoms with Crippen molar-refractivity contribution in [2.24, 2.45) is 5.73 Å². The van der Waals surface area contributed by atoms with Crippen LogP contribution in [0.2, 0.25) is 0 Å². The van der Waals surface area contributed by atoms with Gasteiger partial charge in [-0.1, -0.05) is 12.1 Å². The molecular weight excluding hydrogens is 254 g/mol. The largest absolute Gasteiger partial charge is 0.324 e. The van der Waals surface area contributed by atoms with Gasteiger partial charge in [0.05, 0.1) is 5.69 Å². The van der Waals surface area contributed by atoms with Crippen LogP contribution < -0.4 is 5.73 Å². The van der Waals surface area contributed by atoms with E-state index in [0.29, 0.717) is 0 Å². The molecule has 0 saturated carbocycles. The van der Waals surface area contributed by atoms with Crippen LogP contribution in [0.1, 0.15) is 36.8 Å². The third-order valence-corrected chi connectivity index (χ3v) is 4.08. The monoisotopic (exact) mass is 275 g/mol. The minimum atomic E-state index is 0.0870. The summed E-state index contributed by atoms with van der Waals surface area (Å²) in [5.41, 5.74) is 9.46. The number of rotatable bonds is 5. The van der Waals surface area contributed by atoms with E-state index in [1.165, 1.54) is 16.2 Å². The van der Waals surface area contributed by atoms with E-state index in [0.717, 1.165) is 18.0 Å². The van der Waals surface area contributed by atoms with Gasteiger partial charge in [-0.3, -0.25) is 4.68 Å². The zero-order chi connectivity index (χ0) is 13.8. The molecule has 0 bridgehead atoms. The van der Waals surface area contributed by atoms with E-state index in [-0.39, 0.29) is 6.04 Å². The molecule has 4 heteroatoms. The Bertz CT molecular complexity index is 546. The first-order chi connectivity index (χ1) is 9.10. The number of benzene rings is 1. The molecule has 1 atom stereocenters. The van der Waals surface area contributed by atoms with Crippen LogP contribution in [0.25, 0.3) is 0 Å². The van der Waals surface area contributed by atoms with Crippen LogP contribution in [0, 0.1) is 6.92 Å². The third-order valence-electron chi connectivity index (χ3n) is 3.06. The van der Waals surface area contributed by atoms with Gasteiger partial charge in [-0.25, -0.2) is 0 Å². The van der Waals surface area contributed by atoms with Crippen molar-refractivity contribution >= 4 is 11.8 Å². The fourth-order valence-corrected chi connectivity index (χ4v) is 2.98. The van der Waals surface area contributed by atoms with Crippen molar-refractivity contribution in [1.82, 2.24) is 9.78 Å². The van der Waals surface area contributed by atoms with E-state index in [4.69, 9.17) is 5.73 Å². The number of nitrogens with zero attached hydrogens (tertiary/aromatic N) is 2. The van der Waals surface area contributed by atoms with Crippen molar-refractivity contribution in [3.05, 3.63) is 47.3 Å². The number of aromatic nitrogens is 2. The molecule has 0 aliphatic carbocycles. The number of hydrogen-bond acceptors (Lipinski definition) is 3. The van der Waals surface area contributed by atoms with Crippen LogP contribution in [-0.2, 0) is 12.3 Å². The molecule has 2 rings (SSSR count). The summed E-state index contributed by atoms with van der Waals surface area (Å²) in [6.07, 6.45) is 0. The smallest absolute Gasteiger partial charge is 0.0596 e. The van der Waals surface area contributed by atoms with Crippen molar-refractivity contribution in [3.8, 4) is 0 Å². The molecule has 0 fully saturated rings. The first-order valence-corrected chi connectivity index (χ1v) is 7.60. The number of thioether (sulfide) groups is 1. The summed E-state index contributed by atoms with van der Waals surface area (Å²) < 4.78 is 2.07. The predicted molar refractivity (Wildman–Crippen MR) is 81.2 cm³/mol. The van der Waals surface area contributed by atoms with Gasteiger partial charge in [0, 0.05) is 28.9 Å². The van der Waals surface area contributed by atoms with E-state index < -0.39 is 0 Å². The van der Waals surface area contributed by atoms with Gasteiger partial charge in [-0.05, 0) is 44.5 Å². The van der Waals surface area contributed by atoms with Crippen LogP contribution in [0.15, 0.2) is 35.2 Å². The molecule has 1 aromatic heterocycles. The second-order valence-corrected chi connectivity index (χ2v) is 5.79. The van der Waals surface area contributed by atoms with Crippen molar-refractivity contribution in [1.29, 1.82) is 0 Å². The fourth-order valence-electron chi connectivity index (χ4n) is 2.03. The van der Waals surface area contributed by atoms with Crippen LogP contribution in [0.3, 0.4) is 0 Å². The average Bonchev–Trinajstić information content (AvgIpc) is 2.77. The summed E-state index contributed by atoms with van der Waals surface area (Å²) in [5, 5.41) is 4.47. The standard InChI is InChI=1S/C15H21N3S/c1-4-18-14(8-11(2)17-18)10-19-15-7-5-6-13(9-15)12(3)16/h5-9,12H,4,10,16H2,1-3H3. The highest BCUT2D eigenvalue weighted by Gasteiger charge is 2.06. The summed E-state index contributed by atoms with van der Waals surface area (Å²) in [4.78, 5) is 1.26. The molecule has 19 heavy (non-hydrogen) atoms. The molecule has 0 saturated heterocycles. The highest BCUT2D eigenvalue weighted by molar-refractivity contribution is 7.98. The number of aryl methyl sites for hydroxylation is 2. The van der Waals surface area contributed by atoms with Gasteiger partial charge in [-0.15, -0.1) is 11.8 Å².